The number of carbonyl (C=O) groups excluding carboxylic acids is 2. The normalized spacial score (nSPS) is 16.3. The maximum atomic E-state index is 13.4. The molecule has 3 rings (SSSR count). The fourth-order valence-electron chi connectivity index (χ4n) is 3.47. The van der Waals surface area contributed by atoms with Crippen molar-refractivity contribution < 1.29 is 27.2 Å². The SMILES string of the molecule is O=C(NC1CCCCC1)[C@H](c1cccs1)N(C(=O)C(F)(F)F)c1ccc(F)cc1. The zero-order valence-electron chi connectivity index (χ0n) is 15.4. The summed E-state index contributed by atoms with van der Waals surface area (Å²) < 4.78 is 53.5. The summed E-state index contributed by atoms with van der Waals surface area (Å²) in [4.78, 5) is 26.1. The first kappa shape index (κ1) is 21.3. The van der Waals surface area contributed by atoms with Crippen LogP contribution in [-0.2, 0) is 9.59 Å². The zero-order valence-corrected chi connectivity index (χ0v) is 16.2. The molecule has 1 aromatic carbocycles. The largest absolute Gasteiger partial charge is 0.471 e. The average molecular weight is 428 g/mol. The van der Waals surface area contributed by atoms with Gasteiger partial charge in [-0.25, -0.2) is 4.39 Å². The number of hydrogen-bond donors (Lipinski definition) is 1. The smallest absolute Gasteiger partial charge is 0.351 e. The highest BCUT2D eigenvalue weighted by Gasteiger charge is 2.47. The Balaban J connectivity index is 2.01. The third kappa shape index (κ3) is 5.14. The summed E-state index contributed by atoms with van der Waals surface area (Å²) in [6, 6.07) is 5.50. The molecule has 1 N–H and O–H groups in total. The highest BCUT2D eigenvalue weighted by molar-refractivity contribution is 7.10. The van der Waals surface area contributed by atoms with Gasteiger partial charge in [0.05, 0.1) is 0 Å². The molecule has 0 spiro atoms. The predicted molar refractivity (Wildman–Crippen MR) is 102 cm³/mol. The number of amides is 2. The Morgan fingerprint density at radius 3 is 2.28 bits per heavy atom. The minimum atomic E-state index is -5.20. The van der Waals surface area contributed by atoms with Gasteiger partial charge in [-0.2, -0.15) is 13.2 Å². The second kappa shape index (κ2) is 8.94. The lowest BCUT2D eigenvalue weighted by Gasteiger charge is -2.33. The summed E-state index contributed by atoms with van der Waals surface area (Å²) in [5, 5.41) is 4.43. The molecule has 1 heterocycles. The molecule has 0 unspecified atom stereocenters. The van der Waals surface area contributed by atoms with E-state index in [-0.39, 0.29) is 11.7 Å². The van der Waals surface area contributed by atoms with E-state index in [4.69, 9.17) is 0 Å². The number of alkyl halides is 3. The van der Waals surface area contributed by atoms with E-state index in [0.717, 1.165) is 67.7 Å². The second-order valence-electron chi connectivity index (χ2n) is 6.91. The summed E-state index contributed by atoms with van der Waals surface area (Å²) in [5.41, 5.74) is -0.203. The van der Waals surface area contributed by atoms with Gasteiger partial charge < -0.3 is 5.32 Å². The highest BCUT2D eigenvalue weighted by atomic mass is 32.1. The van der Waals surface area contributed by atoms with E-state index in [2.05, 4.69) is 5.32 Å². The van der Waals surface area contributed by atoms with Crippen molar-refractivity contribution in [3.05, 3.63) is 52.5 Å². The standard InChI is InChI=1S/C20H20F4N2O2S/c21-13-8-10-15(11-9-13)26(19(28)20(22,23)24)17(16-7-4-12-29-16)18(27)25-14-5-2-1-3-6-14/h4,7-12,14,17H,1-3,5-6H2,(H,25,27)/t17-/m0/s1. The summed E-state index contributed by atoms with van der Waals surface area (Å²) in [6.45, 7) is 0. The summed E-state index contributed by atoms with van der Waals surface area (Å²) in [5.74, 6) is -3.52. The Labute approximate surface area is 169 Å². The lowest BCUT2D eigenvalue weighted by Crippen LogP contribution is -2.50. The van der Waals surface area contributed by atoms with Crippen molar-refractivity contribution in [3.63, 3.8) is 0 Å². The van der Waals surface area contributed by atoms with Gasteiger partial charge in [0.15, 0.2) is 6.04 Å². The van der Waals surface area contributed by atoms with E-state index in [1.807, 2.05) is 0 Å². The van der Waals surface area contributed by atoms with Gasteiger partial charge in [-0.15, -0.1) is 11.3 Å². The molecule has 9 heteroatoms. The minimum absolute atomic E-state index is 0.144. The van der Waals surface area contributed by atoms with Crippen molar-refractivity contribution in [1.29, 1.82) is 0 Å². The molecule has 1 fully saturated rings. The first-order chi connectivity index (χ1) is 13.8. The van der Waals surface area contributed by atoms with Crippen molar-refractivity contribution in [2.75, 3.05) is 4.90 Å². The van der Waals surface area contributed by atoms with Crippen LogP contribution in [0, 0.1) is 5.82 Å². The van der Waals surface area contributed by atoms with Gasteiger partial charge in [-0.05, 0) is 48.6 Å². The Bertz CT molecular complexity index is 831. The number of anilines is 1. The Morgan fingerprint density at radius 1 is 1.07 bits per heavy atom. The van der Waals surface area contributed by atoms with Crippen molar-refractivity contribution in [2.45, 2.75) is 50.4 Å². The van der Waals surface area contributed by atoms with E-state index in [1.54, 1.807) is 11.4 Å². The number of carbonyl (C=O) groups is 2. The second-order valence-corrected chi connectivity index (χ2v) is 7.89. The lowest BCUT2D eigenvalue weighted by molar-refractivity contribution is -0.171. The molecule has 0 bridgehead atoms. The quantitative estimate of drug-likeness (QED) is 0.684. The molecule has 2 amide bonds. The number of nitrogens with one attached hydrogen (secondary N) is 1. The van der Waals surface area contributed by atoms with Crippen LogP contribution in [0.4, 0.5) is 23.2 Å². The van der Waals surface area contributed by atoms with Crippen LogP contribution in [0.15, 0.2) is 41.8 Å². The van der Waals surface area contributed by atoms with E-state index >= 15 is 0 Å². The molecule has 156 valence electrons. The van der Waals surface area contributed by atoms with E-state index in [1.165, 1.54) is 6.07 Å². The molecule has 2 aromatic rings. The number of nitrogens with zero attached hydrogens (tertiary/aromatic N) is 1. The average Bonchev–Trinajstić information content (AvgIpc) is 3.20. The number of halogens is 4. The van der Waals surface area contributed by atoms with Crippen LogP contribution in [0.5, 0.6) is 0 Å². The number of benzene rings is 1. The maximum absolute atomic E-state index is 13.4. The number of hydrogen-bond acceptors (Lipinski definition) is 3. The van der Waals surface area contributed by atoms with Crippen LogP contribution >= 0.6 is 11.3 Å². The van der Waals surface area contributed by atoms with Crippen molar-refractivity contribution >= 4 is 28.8 Å². The van der Waals surface area contributed by atoms with Gasteiger partial charge >= 0.3 is 12.1 Å². The van der Waals surface area contributed by atoms with Gasteiger partial charge in [0, 0.05) is 16.6 Å². The van der Waals surface area contributed by atoms with Crippen LogP contribution in [-0.4, -0.2) is 24.0 Å². The fourth-order valence-corrected chi connectivity index (χ4v) is 4.28. The van der Waals surface area contributed by atoms with Gasteiger partial charge in [-0.3, -0.25) is 14.5 Å². The molecule has 0 saturated heterocycles. The van der Waals surface area contributed by atoms with Gasteiger partial charge in [-0.1, -0.05) is 25.3 Å². The maximum Gasteiger partial charge on any atom is 0.471 e. The predicted octanol–water partition coefficient (Wildman–Crippen LogP) is 4.97. The van der Waals surface area contributed by atoms with E-state index in [0.29, 0.717) is 9.78 Å². The molecule has 1 aliphatic rings. The molecule has 0 radical (unpaired) electrons. The third-order valence-corrected chi connectivity index (χ3v) is 5.76. The molecule has 0 aliphatic heterocycles. The highest BCUT2D eigenvalue weighted by Crippen LogP contribution is 2.35. The molecule has 1 saturated carbocycles. The van der Waals surface area contributed by atoms with Gasteiger partial charge in [0.2, 0.25) is 5.91 Å². The zero-order chi connectivity index (χ0) is 21.0. The van der Waals surface area contributed by atoms with Crippen LogP contribution in [0.1, 0.15) is 43.0 Å². The number of thiophene rings is 1. The van der Waals surface area contributed by atoms with Crippen molar-refractivity contribution in [3.8, 4) is 0 Å². The minimum Gasteiger partial charge on any atom is -0.351 e. The Kier molecular flexibility index (Phi) is 6.56. The Hall–Kier alpha value is -2.42. The number of rotatable bonds is 5. The van der Waals surface area contributed by atoms with Crippen LogP contribution in [0.3, 0.4) is 0 Å². The van der Waals surface area contributed by atoms with Gasteiger partial charge in [0.25, 0.3) is 0 Å². The van der Waals surface area contributed by atoms with E-state index in [9.17, 15) is 27.2 Å². The first-order valence-corrected chi connectivity index (χ1v) is 10.1. The van der Waals surface area contributed by atoms with E-state index < -0.39 is 29.8 Å². The molecular weight excluding hydrogens is 408 g/mol. The first-order valence-electron chi connectivity index (χ1n) is 9.27. The molecule has 1 aromatic heterocycles. The van der Waals surface area contributed by atoms with Crippen molar-refractivity contribution in [2.24, 2.45) is 0 Å². The monoisotopic (exact) mass is 428 g/mol. The molecule has 1 aliphatic carbocycles. The summed E-state index contributed by atoms with van der Waals surface area (Å²) >= 11 is 1.08. The molecule has 1 atom stereocenters. The lowest BCUT2D eigenvalue weighted by atomic mass is 9.95. The van der Waals surface area contributed by atoms with Gasteiger partial charge in [0.1, 0.15) is 5.82 Å². The Morgan fingerprint density at radius 2 is 1.72 bits per heavy atom. The molecule has 4 nitrogen and oxygen atoms in total. The van der Waals surface area contributed by atoms with Crippen LogP contribution in [0.25, 0.3) is 0 Å². The topological polar surface area (TPSA) is 49.4 Å². The molecule has 29 heavy (non-hydrogen) atoms. The molecular formula is C20H20F4N2O2S. The third-order valence-electron chi connectivity index (χ3n) is 4.84. The summed E-state index contributed by atoms with van der Waals surface area (Å²) in [7, 11) is 0. The van der Waals surface area contributed by atoms with Crippen molar-refractivity contribution in [1.82, 2.24) is 5.32 Å². The van der Waals surface area contributed by atoms with Crippen LogP contribution in [0.2, 0.25) is 0 Å². The fraction of sp³-hybridized carbons (Fsp3) is 0.400. The van der Waals surface area contributed by atoms with Crippen LogP contribution < -0.4 is 10.2 Å². The summed E-state index contributed by atoms with van der Waals surface area (Å²) in [6.07, 6.45) is -0.807.